The van der Waals surface area contributed by atoms with Crippen LogP contribution < -0.4 is 0 Å². The highest BCUT2D eigenvalue weighted by atomic mass is 19.1. The van der Waals surface area contributed by atoms with Crippen LogP contribution in [-0.4, -0.2) is 29.9 Å². The van der Waals surface area contributed by atoms with Gasteiger partial charge in [0.05, 0.1) is 6.54 Å². The van der Waals surface area contributed by atoms with Gasteiger partial charge in [0.25, 0.3) is 0 Å². The summed E-state index contributed by atoms with van der Waals surface area (Å²) >= 11 is 0. The van der Waals surface area contributed by atoms with Gasteiger partial charge in [-0.1, -0.05) is 54.6 Å². The fraction of sp³-hybridized carbons (Fsp3) is 0.263. The van der Waals surface area contributed by atoms with E-state index in [9.17, 15) is 9.18 Å². The van der Waals surface area contributed by atoms with Gasteiger partial charge in [0.15, 0.2) is 12.0 Å². The molecule has 0 bridgehead atoms. The van der Waals surface area contributed by atoms with Crippen LogP contribution in [-0.2, 0) is 0 Å². The highest BCUT2D eigenvalue weighted by molar-refractivity contribution is 5.96. The quantitative estimate of drug-likeness (QED) is 0.639. The summed E-state index contributed by atoms with van der Waals surface area (Å²) in [6, 6.07) is 17.3. The van der Waals surface area contributed by atoms with Gasteiger partial charge in [-0.25, -0.2) is 4.39 Å². The molecule has 0 aliphatic carbocycles. The number of rotatable bonds is 4. The smallest absolute Gasteiger partial charge is 0.179 e. The molecule has 116 valence electrons. The molecule has 1 heterocycles. The summed E-state index contributed by atoms with van der Waals surface area (Å²) in [7, 11) is 0. The van der Waals surface area contributed by atoms with Crippen LogP contribution in [0.2, 0.25) is 0 Å². The molecule has 0 saturated carbocycles. The van der Waals surface area contributed by atoms with Crippen molar-refractivity contribution >= 4 is 5.78 Å². The van der Waals surface area contributed by atoms with Gasteiger partial charge in [0.2, 0.25) is 0 Å². The topological polar surface area (TPSA) is 44.1 Å². The van der Waals surface area contributed by atoms with Gasteiger partial charge in [-0.05, 0) is 11.1 Å². The summed E-state index contributed by atoms with van der Waals surface area (Å²) in [5.41, 5.74) is 2.73. The summed E-state index contributed by atoms with van der Waals surface area (Å²) in [5.74, 6) is -0.465. The van der Waals surface area contributed by atoms with Crippen molar-refractivity contribution in [3.8, 4) is 17.3 Å². The third-order valence-corrected chi connectivity index (χ3v) is 4.26. The number of hydrogen-bond acceptors (Lipinski definition) is 3. The summed E-state index contributed by atoms with van der Waals surface area (Å²) in [6.45, 7) is 0.424. The molecule has 0 N–H and O–H groups in total. The predicted molar refractivity (Wildman–Crippen MR) is 86.4 cm³/mol. The molecule has 1 fully saturated rings. The third kappa shape index (κ3) is 3.40. The molecule has 1 saturated heterocycles. The average Bonchev–Trinajstić information content (AvgIpc) is 2.96. The van der Waals surface area contributed by atoms with Crippen molar-refractivity contribution in [2.45, 2.75) is 12.6 Å². The Balaban J connectivity index is 1.68. The van der Waals surface area contributed by atoms with E-state index in [2.05, 4.69) is 0 Å². The maximum atomic E-state index is 13.8. The summed E-state index contributed by atoms with van der Waals surface area (Å²) < 4.78 is 13.8. The van der Waals surface area contributed by atoms with Crippen LogP contribution in [0.4, 0.5) is 4.39 Å². The van der Waals surface area contributed by atoms with Crippen LogP contribution in [0.1, 0.15) is 16.8 Å². The fourth-order valence-electron chi connectivity index (χ4n) is 2.94. The number of ketones is 1. The second-order valence-corrected chi connectivity index (χ2v) is 5.85. The minimum Gasteiger partial charge on any atom is -0.307 e. The van der Waals surface area contributed by atoms with Gasteiger partial charge in [-0.3, -0.25) is 4.79 Å². The highest BCUT2D eigenvalue weighted by Crippen LogP contribution is 2.25. The number of alkyl halides is 1. The number of carbonyl (C=O) groups excluding carboxylic acids is 1. The van der Waals surface area contributed by atoms with Crippen LogP contribution in [0, 0.1) is 17.4 Å². The number of hydrogen-bond donors (Lipinski definition) is 0. The zero-order chi connectivity index (χ0) is 16.2. The highest BCUT2D eigenvalue weighted by Gasteiger charge is 2.34. The SMILES string of the molecule is N#CN1C[C@H](CC(=O)c2ccc(-c3ccccc3)cc2)[C@@H](F)C1. The average molecular weight is 308 g/mol. The van der Waals surface area contributed by atoms with Crippen LogP contribution in [0.25, 0.3) is 11.1 Å². The number of Topliss-reactive ketones (excluding diaryl/α,β-unsaturated/α-hetero) is 1. The van der Waals surface area contributed by atoms with Crippen molar-refractivity contribution in [3.63, 3.8) is 0 Å². The molecule has 3 rings (SSSR count). The normalized spacial score (nSPS) is 20.3. The largest absolute Gasteiger partial charge is 0.307 e. The van der Waals surface area contributed by atoms with Crippen LogP contribution >= 0.6 is 0 Å². The molecule has 2 aromatic rings. The van der Waals surface area contributed by atoms with Crippen molar-refractivity contribution in [1.29, 1.82) is 5.26 Å². The van der Waals surface area contributed by atoms with Gasteiger partial charge < -0.3 is 4.90 Å². The Kier molecular flexibility index (Phi) is 4.38. The Morgan fingerprint density at radius 1 is 1.09 bits per heavy atom. The van der Waals surface area contributed by atoms with E-state index < -0.39 is 12.1 Å². The molecular weight excluding hydrogens is 291 g/mol. The molecule has 0 unspecified atom stereocenters. The number of halogens is 1. The van der Waals surface area contributed by atoms with E-state index in [-0.39, 0.29) is 18.7 Å². The van der Waals surface area contributed by atoms with Gasteiger partial charge in [0.1, 0.15) is 6.17 Å². The van der Waals surface area contributed by atoms with Gasteiger partial charge >= 0.3 is 0 Å². The lowest BCUT2D eigenvalue weighted by Gasteiger charge is -2.10. The van der Waals surface area contributed by atoms with E-state index in [4.69, 9.17) is 5.26 Å². The predicted octanol–water partition coefficient (Wildman–Crippen LogP) is 3.68. The minimum absolute atomic E-state index is 0.0722. The number of nitrogens with zero attached hydrogens (tertiary/aromatic N) is 2. The first-order valence-corrected chi connectivity index (χ1v) is 7.65. The number of carbonyl (C=O) groups is 1. The van der Waals surface area contributed by atoms with E-state index in [0.717, 1.165) is 11.1 Å². The standard InChI is InChI=1S/C19H17FN2O/c20-18-12-22(13-21)11-17(18)10-19(23)16-8-6-15(7-9-16)14-4-2-1-3-5-14/h1-9,17-18H,10-12H2/t17-,18-/m0/s1. The van der Waals surface area contributed by atoms with Crippen molar-refractivity contribution in [2.24, 2.45) is 5.92 Å². The van der Waals surface area contributed by atoms with Gasteiger partial charge in [0, 0.05) is 24.4 Å². The Morgan fingerprint density at radius 2 is 1.74 bits per heavy atom. The second kappa shape index (κ2) is 6.62. The zero-order valence-electron chi connectivity index (χ0n) is 12.7. The molecule has 4 heteroatoms. The lowest BCUT2D eigenvalue weighted by molar-refractivity contribution is 0.0945. The first-order chi connectivity index (χ1) is 11.2. The minimum atomic E-state index is -1.11. The van der Waals surface area contributed by atoms with Crippen LogP contribution in [0.15, 0.2) is 54.6 Å². The summed E-state index contributed by atoms with van der Waals surface area (Å²) in [5, 5.41) is 8.82. The van der Waals surface area contributed by atoms with Crippen molar-refractivity contribution in [2.75, 3.05) is 13.1 Å². The first kappa shape index (κ1) is 15.2. The van der Waals surface area contributed by atoms with Crippen molar-refractivity contribution < 1.29 is 9.18 Å². The van der Waals surface area contributed by atoms with Crippen LogP contribution in [0.3, 0.4) is 0 Å². The molecule has 0 amide bonds. The fourth-order valence-corrected chi connectivity index (χ4v) is 2.94. The second-order valence-electron chi connectivity index (χ2n) is 5.85. The van der Waals surface area contributed by atoms with E-state index in [0.29, 0.717) is 12.1 Å². The number of benzene rings is 2. The van der Waals surface area contributed by atoms with Gasteiger partial charge in [-0.2, -0.15) is 5.26 Å². The molecule has 0 radical (unpaired) electrons. The maximum absolute atomic E-state index is 13.8. The number of likely N-dealkylation sites (tertiary alicyclic amines) is 1. The summed E-state index contributed by atoms with van der Waals surface area (Å²) in [4.78, 5) is 13.7. The van der Waals surface area contributed by atoms with Crippen molar-refractivity contribution in [1.82, 2.24) is 4.90 Å². The number of nitriles is 1. The van der Waals surface area contributed by atoms with E-state index in [1.54, 1.807) is 12.1 Å². The lowest BCUT2D eigenvalue weighted by Crippen LogP contribution is -2.17. The van der Waals surface area contributed by atoms with E-state index in [1.165, 1.54) is 4.90 Å². The Hall–Kier alpha value is -2.67. The van der Waals surface area contributed by atoms with Gasteiger partial charge in [-0.15, -0.1) is 0 Å². The van der Waals surface area contributed by atoms with E-state index >= 15 is 0 Å². The molecule has 0 aromatic heterocycles. The van der Waals surface area contributed by atoms with Crippen LogP contribution in [0.5, 0.6) is 0 Å². The first-order valence-electron chi connectivity index (χ1n) is 7.65. The van der Waals surface area contributed by atoms with E-state index in [1.807, 2.05) is 48.7 Å². The Morgan fingerprint density at radius 3 is 2.35 bits per heavy atom. The molecular formula is C19H17FN2O. The molecule has 2 aromatic carbocycles. The molecule has 0 spiro atoms. The molecule has 1 aliphatic heterocycles. The molecule has 23 heavy (non-hydrogen) atoms. The maximum Gasteiger partial charge on any atom is 0.179 e. The third-order valence-electron chi connectivity index (χ3n) is 4.26. The summed E-state index contributed by atoms with van der Waals surface area (Å²) in [6.07, 6.45) is 0.979. The molecule has 1 aliphatic rings. The molecule has 3 nitrogen and oxygen atoms in total. The van der Waals surface area contributed by atoms with Crippen molar-refractivity contribution in [3.05, 3.63) is 60.2 Å². The zero-order valence-corrected chi connectivity index (χ0v) is 12.7. The Bertz CT molecular complexity index is 721. The lowest BCUT2D eigenvalue weighted by atomic mass is 9.95. The Labute approximate surface area is 135 Å². The monoisotopic (exact) mass is 308 g/mol. The molecule has 2 atom stereocenters.